The highest BCUT2D eigenvalue weighted by Crippen LogP contribution is 2.46. The largest absolute Gasteiger partial charge is 0.456 e. The van der Waals surface area contributed by atoms with Gasteiger partial charge in [0.1, 0.15) is 11.2 Å². The van der Waals surface area contributed by atoms with Crippen LogP contribution >= 0.6 is 0 Å². The van der Waals surface area contributed by atoms with Crippen LogP contribution in [0.2, 0.25) is 0 Å². The van der Waals surface area contributed by atoms with Gasteiger partial charge in [0.25, 0.3) is 0 Å². The van der Waals surface area contributed by atoms with Gasteiger partial charge in [-0.25, -0.2) is 9.97 Å². The van der Waals surface area contributed by atoms with E-state index >= 15 is 0 Å². The van der Waals surface area contributed by atoms with E-state index in [9.17, 15) is 0 Å². The van der Waals surface area contributed by atoms with Gasteiger partial charge >= 0.3 is 0 Å². The summed E-state index contributed by atoms with van der Waals surface area (Å²) in [4.78, 5) is 10.5. The van der Waals surface area contributed by atoms with Crippen LogP contribution in [0.5, 0.6) is 0 Å². The minimum absolute atomic E-state index is 0.631. The lowest BCUT2D eigenvalue weighted by molar-refractivity contribution is 0.669. The van der Waals surface area contributed by atoms with Gasteiger partial charge in [-0.2, -0.15) is 0 Å². The van der Waals surface area contributed by atoms with Gasteiger partial charge in [0.2, 0.25) is 0 Å². The van der Waals surface area contributed by atoms with E-state index in [0.717, 1.165) is 51.1 Å². The Morgan fingerprint density at radius 1 is 0.805 bits per heavy atom. The highest BCUT2D eigenvalue weighted by molar-refractivity contribution is 6.22. The SMILES string of the molecule is C=C/C=C\c1cc2oc3cccc4c5c(c(c1)c2c34)=CCC=C(c1nc2ccccc2nc1C1=CC2CC2C=C1)C=5. The maximum atomic E-state index is 6.42. The number of rotatable bonds is 4. The van der Waals surface area contributed by atoms with E-state index < -0.39 is 0 Å². The summed E-state index contributed by atoms with van der Waals surface area (Å²) in [6.07, 6.45) is 21.9. The highest BCUT2D eigenvalue weighted by atomic mass is 16.3. The summed E-state index contributed by atoms with van der Waals surface area (Å²) in [7, 11) is 0. The van der Waals surface area contributed by atoms with Crippen LogP contribution in [0.25, 0.3) is 73.1 Å². The zero-order valence-electron chi connectivity index (χ0n) is 22.5. The summed E-state index contributed by atoms with van der Waals surface area (Å²) in [5, 5.41) is 7.24. The average molecular weight is 527 g/mol. The Kier molecular flexibility index (Phi) is 4.71. The number of hydrogen-bond acceptors (Lipinski definition) is 3. The topological polar surface area (TPSA) is 38.9 Å². The predicted octanol–water partition coefficient (Wildman–Crippen LogP) is 7.96. The normalized spacial score (nSPS) is 19.6. The first-order valence-corrected chi connectivity index (χ1v) is 14.3. The zero-order valence-corrected chi connectivity index (χ0v) is 22.5. The van der Waals surface area contributed by atoms with Crippen LogP contribution < -0.4 is 10.4 Å². The number of para-hydroxylation sites is 2. The van der Waals surface area contributed by atoms with Crippen molar-refractivity contribution in [2.45, 2.75) is 12.8 Å². The van der Waals surface area contributed by atoms with Crippen LogP contribution in [0.4, 0.5) is 0 Å². The highest BCUT2D eigenvalue weighted by Gasteiger charge is 2.36. The molecule has 0 spiro atoms. The summed E-state index contributed by atoms with van der Waals surface area (Å²) in [6, 6.07) is 19.0. The Morgan fingerprint density at radius 3 is 2.46 bits per heavy atom. The molecule has 0 aliphatic heterocycles. The molecular formula is C38H26N2O. The molecule has 0 radical (unpaired) electrons. The van der Waals surface area contributed by atoms with Crippen LogP contribution in [-0.2, 0) is 0 Å². The van der Waals surface area contributed by atoms with Crippen molar-refractivity contribution in [3.05, 3.63) is 125 Å². The first-order chi connectivity index (χ1) is 20.2. The number of furan rings is 1. The molecule has 0 saturated heterocycles. The Hall–Kier alpha value is -5.02. The number of hydrogen-bond donors (Lipinski definition) is 0. The average Bonchev–Trinajstić information content (AvgIpc) is 3.74. The van der Waals surface area contributed by atoms with E-state index in [2.05, 4.69) is 91.6 Å². The van der Waals surface area contributed by atoms with Crippen LogP contribution in [0.15, 0.2) is 102 Å². The molecule has 3 nitrogen and oxygen atoms in total. The molecule has 3 heteroatoms. The van der Waals surface area contributed by atoms with Crippen molar-refractivity contribution >= 4 is 73.1 Å². The quantitative estimate of drug-likeness (QED) is 0.173. The van der Waals surface area contributed by atoms with Crippen LogP contribution in [0.1, 0.15) is 29.8 Å². The molecule has 6 aromatic rings. The fourth-order valence-electron chi connectivity index (χ4n) is 6.75. The fourth-order valence-corrected chi connectivity index (χ4v) is 6.75. The third kappa shape index (κ3) is 3.45. The second kappa shape index (κ2) is 8.49. The molecular weight excluding hydrogens is 500 g/mol. The molecule has 2 unspecified atom stereocenters. The van der Waals surface area contributed by atoms with Gasteiger partial charge in [0.15, 0.2) is 0 Å². The number of fused-ring (bicyclic) bond motifs is 5. The number of nitrogens with zero attached hydrogens (tertiary/aromatic N) is 2. The molecule has 0 amide bonds. The third-order valence-corrected chi connectivity index (χ3v) is 8.80. The summed E-state index contributed by atoms with van der Waals surface area (Å²) >= 11 is 0. The second-order valence-electron chi connectivity index (χ2n) is 11.3. The minimum Gasteiger partial charge on any atom is -0.456 e. The Morgan fingerprint density at radius 2 is 1.63 bits per heavy atom. The van der Waals surface area contributed by atoms with Crippen LogP contribution in [0.3, 0.4) is 0 Å². The van der Waals surface area contributed by atoms with E-state index in [1.165, 1.54) is 44.0 Å². The molecule has 3 aliphatic carbocycles. The molecule has 1 fully saturated rings. The molecule has 2 aromatic heterocycles. The summed E-state index contributed by atoms with van der Waals surface area (Å²) < 4.78 is 6.42. The molecule has 4 aromatic carbocycles. The summed E-state index contributed by atoms with van der Waals surface area (Å²) in [5.74, 6) is 1.33. The lowest BCUT2D eigenvalue weighted by Gasteiger charge is -2.13. The molecule has 41 heavy (non-hydrogen) atoms. The molecule has 194 valence electrons. The van der Waals surface area contributed by atoms with E-state index in [-0.39, 0.29) is 0 Å². The maximum Gasteiger partial charge on any atom is 0.136 e. The Bertz CT molecular complexity index is 2340. The Balaban J connectivity index is 1.35. The Labute approximate surface area is 236 Å². The second-order valence-corrected chi connectivity index (χ2v) is 11.3. The van der Waals surface area contributed by atoms with Crippen molar-refractivity contribution in [3.63, 3.8) is 0 Å². The van der Waals surface area contributed by atoms with Gasteiger partial charge in [0.05, 0.1) is 22.4 Å². The lowest BCUT2D eigenvalue weighted by Crippen LogP contribution is -2.26. The molecule has 3 aliphatic rings. The molecule has 2 atom stereocenters. The summed E-state index contributed by atoms with van der Waals surface area (Å²) in [5.41, 5.74) is 8.98. The van der Waals surface area contributed by atoms with Crippen molar-refractivity contribution in [1.29, 1.82) is 0 Å². The molecule has 0 N–H and O–H groups in total. The van der Waals surface area contributed by atoms with Crippen LogP contribution in [0, 0.1) is 11.8 Å². The van der Waals surface area contributed by atoms with Crippen LogP contribution in [-0.4, -0.2) is 9.97 Å². The van der Waals surface area contributed by atoms with E-state index in [1.54, 1.807) is 6.08 Å². The third-order valence-electron chi connectivity index (χ3n) is 8.80. The summed E-state index contributed by atoms with van der Waals surface area (Å²) in [6.45, 7) is 3.85. The zero-order chi connectivity index (χ0) is 27.1. The van der Waals surface area contributed by atoms with Crippen molar-refractivity contribution in [1.82, 2.24) is 9.97 Å². The van der Waals surface area contributed by atoms with Gasteiger partial charge in [-0.1, -0.05) is 79.5 Å². The van der Waals surface area contributed by atoms with Crippen molar-refractivity contribution in [3.8, 4) is 0 Å². The van der Waals surface area contributed by atoms with Crippen molar-refractivity contribution in [2.24, 2.45) is 11.8 Å². The van der Waals surface area contributed by atoms with Crippen molar-refractivity contribution < 1.29 is 4.42 Å². The monoisotopic (exact) mass is 526 g/mol. The first kappa shape index (κ1) is 22.8. The number of allylic oxidation sites excluding steroid dienone is 8. The van der Waals surface area contributed by atoms with E-state index in [1.807, 2.05) is 18.2 Å². The predicted molar refractivity (Wildman–Crippen MR) is 171 cm³/mol. The minimum atomic E-state index is 0.631. The lowest BCUT2D eigenvalue weighted by atomic mass is 9.94. The molecule has 1 saturated carbocycles. The van der Waals surface area contributed by atoms with Gasteiger partial charge in [-0.3, -0.25) is 0 Å². The van der Waals surface area contributed by atoms with Gasteiger partial charge in [-0.05, 0) is 99.0 Å². The van der Waals surface area contributed by atoms with Gasteiger partial charge in [-0.15, -0.1) is 0 Å². The number of benzene rings is 4. The molecule has 0 bridgehead atoms. The van der Waals surface area contributed by atoms with Gasteiger partial charge < -0.3 is 4.42 Å². The van der Waals surface area contributed by atoms with E-state index in [4.69, 9.17) is 14.4 Å². The van der Waals surface area contributed by atoms with Gasteiger partial charge in [0, 0.05) is 10.8 Å². The maximum absolute atomic E-state index is 6.42. The fraction of sp³-hybridized carbons (Fsp3) is 0.105. The number of aromatic nitrogens is 2. The standard InChI is InChI=1S/C38H26N2O/c1-2-3-8-22-17-30-27-10-6-9-24(21-29(27)28-11-7-14-33-35(28)36(30)34(18-22)41-33)37-38(25-16-15-23-19-26(23)20-25)40-32-13-5-4-12-31(32)39-37/h2-5,7-18,20-21,23,26H,1,6,19H2/b8-3-. The molecule has 9 rings (SSSR count). The van der Waals surface area contributed by atoms with E-state index in [0.29, 0.717) is 11.8 Å². The molecule has 2 heterocycles. The van der Waals surface area contributed by atoms with Crippen molar-refractivity contribution in [2.75, 3.05) is 0 Å². The smallest absolute Gasteiger partial charge is 0.136 e. The first-order valence-electron chi connectivity index (χ1n) is 14.3.